The van der Waals surface area contributed by atoms with E-state index in [0.717, 1.165) is 37.1 Å². The van der Waals surface area contributed by atoms with Crippen LogP contribution in [0, 0.1) is 6.92 Å². The van der Waals surface area contributed by atoms with Crippen LogP contribution in [0.3, 0.4) is 0 Å². The Morgan fingerprint density at radius 1 is 1.15 bits per heavy atom. The maximum Gasteiger partial charge on any atom is 0.258 e. The molecule has 6 heteroatoms. The summed E-state index contributed by atoms with van der Waals surface area (Å²) in [6, 6.07) is 13.5. The first kappa shape index (κ1) is 17.7. The van der Waals surface area contributed by atoms with Gasteiger partial charge in [0.15, 0.2) is 5.65 Å². The number of fused-ring (bicyclic) bond motifs is 1. The van der Waals surface area contributed by atoms with E-state index in [9.17, 15) is 9.90 Å². The van der Waals surface area contributed by atoms with Crippen molar-refractivity contribution in [1.29, 1.82) is 0 Å². The van der Waals surface area contributed by atoms with Crippen molar-refractivity contribution in [1.82, 2.24) is 19.5 Å². The lowest BCUT2D eigenvalue weighted by Crippen LogP contribution is -2.44. The van der Waals surface area contributed by atoms with Gasteiger partial charge in [0, 0.05) is 12.7 Å². The molecule has 2 aromatic heterocycles. The summed E-state index contributed by atoms with van der Waals surface area (Å²) in [6.45, 7) is 2.64. The summed E-state index contributed by atoms with van der Waals surface area (Å²) in [4.78, 5) is 15.2. The average molecular weight is 364 g/mol. The SMILES string of the molecule is Cc1nnc2c(C(=O)N(Cc3ccccc3)CC3(O)CCCC3)cccn12. The quantitative estimate of drug-likeness (QED) is 0.756. The summed E-state index contributed by atoms with van der Waals surface area (Å²) in [7, 11) is 0. The molecule has 1 aliphatic rings. The molecule has 4 rings (SSSR count). The van der Waals surface area contributed by atoms with Gasteiger partial charge in [-0.05, 0) is 37.5 Å². The molecule has 1 saturated carbocycles. The number of carbonyl (C=O) groups is 1. The molecule has 3 aromatic rings. The van der Waals surface area contributed by atoms with Crippen LogP contribution in [0.5, 0.6) is 0 Å². The number of rotatable bonds is 5. The second-order valence-electron chi connectivity index (χ2n) is 7.44. The van der Waals surface area contributed by atoms with Crippen molar-refractivity contribution in [2.75, 3.05) is 6.54 Å². The number of benzene rings is 1. The predicted octanol–water partition coefficient (Wildman–Crippen LogP) is 2.99. The lowest BCUT2D eigenvalue weighted by molar-refractivity contribution is 0.00790. The normalized spacial score (nSPS) is 15.9. The van der Waals surface area contributed by atoms with Gasteiger partial charge in [0.25, 0.3) is 5.91 Å². The molecular formula is C21H24N4O2. The Hall–Kier alpha value is -2.73. The lowest BCUT2D eigenvalue weighted by Gasteiger charge is -2.31. The van der Waals surface area contributed by atoms with Crippen LogP contribution in [0.2, 0.25) is 0 Å². The largest absolute Gasteiger partial charge is 0.388 e. The zero-order chi connectivity index (χ0) is 18.9. The zero-order valence-electron chi connectivity index (χ0n) is 15.5. The molecule has 1 fully saturated rings. The Morgan fingerprint density at radius 2 is 1.89 bits per heavy atom. The van der Waals surface area contributed by atoms with Gasteiger partial charge in [-0.1, -0.05) is 43.2 Å². The van der Waals surface area contributed by atoms with Gasteiger partial charge in [-0.3, -0.25) is 9.20 Å². The Kier molecular flexibility index (Phi) is 4.66. The third-order valence-electron chi connectivity index (χ3n) is 5.36. The monoisotopic (exact) mass is 364 g/mol. The Labute approximate surface area is 158 Å². The van der Waals surface area contributed by atoms with Crippen LogP contribution >= 0.6 is 0 Å². The number of aliphatic hydroxyl groups is 1. The standard InChI is InChI=1S/C21H24N4O2/c1-16-22-23-19-18(10-7-13-25(16)19)20(26)24(14-17-8-3-2-4-9-17)15-21(27)11-5-6-12-21/h2-4,7-10,13,27H,5-6,11-12,14-15H2,1H3. The Morgan fingerprint density at radius 3 is 2.63 bits per heavy atom. The number of hydrogen-bond acceptors (Lipinski definition) is 4. The van der Waals surface area contributed by atoms with E-state index in [0.29, 0.717) is 24.3 Å². The molecule has 0 saturated heterocycles. The minimum absolute atomic E-state index is 0.128. The van der Waals surface area contributed by atoms with E-state index in [1.54, 1.807) is 11.0 Å². The van der Waals surface area contributed by atoms with E-state index in [1.165, 1.54) is 0 Å². The van der Waals surface area contributed by atoms with Gasteiger partial charge in [0.05, 0.1) is 17.7 Å². The lowest BCUT2D eigenvalue weighted by atomic mass is 10.0. The van der Waals surface area contributed by atoms with E-state index in [-0.39, 0.29) is 5.91 Å². The third kappa shape index (κ3) is 3.57. The van der Waals surface area contributed by atoms with Gasteiger partial charge in [0.1, 0.15) is 5.82 Å². The van der Waals surface area contributed by atoms with Crippen LogP contribution in [0.1, 0.15) is 47.4 Å². The molecule has 0 aliphatic heterocycles. The van der Waals surface area contributed by atoms with Crippen LogP contribution in [-0.2, 0) is 6.54 Å². The Balaban J connectivity index is 1.69. The van der Waals surface area contributed by atoms with Gasteiger partial charge in [-0.25, -0.2) is 0 Å². The summed E-state index contributed by atoms with van der Waals surface area (Å²) in [5, 5.41) is 19.2. The van der Waals surface area contributed by atoms with Gasteiger partial charge in [0.2, 0.25) is 0 Å². The molecule has 0 atom stereocenters. The number of aryl methyl sites for hydroxylation is 1. The molecule has 0 radical (unpaired) electrons. The van der Waals surface area contributed by atoms with Crippen molar-refractivity contribution in [3.05, 3.63) is 65.6 Å². The predicted molar refractivity (Wildman–Crippen MR) is 102 cm³/mol. The molecule has 1 aromatic carbocycles. The molecule has 2 heterocycles. The molecule has 140 valence electrons. The molecule has 0 spiro atoms. The van der Waals surface area contributed by atoms with Crippen molar-refractivity contribution in [3.63, 3.8) is 0 Å². The average Bonchev–Trinajstić information content (AvgIpc) is 3.28. The van der Waals surface area contributed by atoms with E-state index in [1.807, 2.05) is 53.9 Å². The van der Waals surface area contributed by atoms with Gasteiger partial charge >= 0.3 is 0 Å². The third-order valence-corrected chi connectivity index (χ3v) is 5.36. The molecule has 0 unspecified atom stereocenters. The second-order valence-corrected chi connectivity index (χ2v) is 7.44. The van der Waals surface area contributed by atoms with E-state index >= 15 is 0 Å². The van der Waals surface area contributed by atoms with Crippen molar-refractivity contribution < 1.29 is 9.90 Å². The number of amides is 1. The molecule has 6 nitrogen and oxygen atoms in total. The van der Waals surface area contributed by atoms with Crippen LogP contribution in [0.15, 0.2) is 48.7 Å². The van der Waals surface area contributed by atoms with Crippen LogP contribution in [-0.4, -0.2) is 42.7 Å². The minimum Gasteiger partial charge on any atom is -0.388 e. The molecule has 1 amide bonds. The number of pyridine rings is 1. The summed E-state index contributed by atoms with van der Waals surface area (Å²) in [6.07, 6.45) is 5.33. The number of hydrogen-bond donors (Lipinski definition) is 1. The summed E-state index contributed by atoms with van der Waals surface area (Å²) in [5.41, 5.74) is 1.29. The highest BCUT2D eigenvalue weighted by Crippen LogP contribution is 2.31. The first-order valence-corrected chi connectivity index (χ1v) is 9.42. The topological polar surface area (TPSA) is 70.7 Å². The molecule has 0 bridgehead atoms. The molecule has 27 heavy (non-hydrogen) atoms. The van der Waals surface area contributed by atoms with E-state index in [2.05, 4.69) is 10.2 Å². The van der Waals surface area contributed by atoms with E-state index in [4.69, 9.17) is 0 Å². The fourth-order valence-corrected chi connectivity index (χ4v) is 3.92. The fourth-order valence-electron chi connectivity index (χ4n) is 3.92. The first-order valence-electron chi connectivity index (χ1n) is 9.42. The summed E-state index contributed by atoms with van der Waals surface area (Å²) in [5.74, 6) is 0.612. The number of carbonyl (C=O) groups excluding carboxylic acids is 1. The van der Waals surface area contributed by atoms with Crippen LogP contribution < -0.4 is 0 Å². The first-order chi connectivity index (χ1) is 13.1. The summed E-state index contributed by atoms with van der Waals surface area (Å²) < 4.78 is 1.82. The zero-order valence-corrected chi connectivity index (χ0v) is 15.5. The van der Waals surface area contributed by atoms with Gasteiger partial charge < -0.3 is 10.0 Å². The van der Waals surface area contributed by atoms with Gasteiger partial charge in [-0.2, -0.15) is 0 Å². The van der Waals surface area contributed by atoms with Crippen LogP contribution in [0.4, 0.5) is 0 Å². The summed E-state index contributed by atoms with van der Waals surface area (Å²) >= 11 is 0. The maximum atomic E-state index is 13.4. The molecule has 1 aliphatic carbocycles. The van der Waals surface area contributed by atoms with E-state index < -0.39 is 5.60 Å². The van der Waals surface area contributed by atoms with Crippen molar-refractivity contribution in [3.8, 4) is 0 Å². The van der Waals surface area contributed by atoms with Crippen molar-refractivity contribution >= 4 is 11.6 Å². The second kappa shape index (κ2) is 7.12. The number of nitrogens with zero attached hydrogens (tertiary/aromatic N) is 4. The highest BCUT2D eigenvalue weighted by atomic mass is 16.3. The Bertz CT molecular complexity index is 945. The van der Waals surface area contributed by atoms with Crippen molar-refractivity contribution in [2.24, 2.45) is 0 Å². The fraction of sp³-hybridized carbons (Fsp3) is 0.381. The van der Waals surface area contributed by atoms with Crippen molar-refractivity contribution in [2.45, 2.75) is 44.8 Å². The highest BCUT2D eigenvalue weighted by molar-refractivity contribution is 5.99. The number of aromatic nitrogens is 3. The minimum atomic E-state index is -0.806. The molecular weight excluding hydrogens is 340 g/mol. The molecule has 1 N–H and O–H groups in total. The van der Waals surface area contributed by atoms with Gasteiger partial charge in [-0.15, -0.1) is 10.2 Å². The van der Waals surface area contributed by atoms with Crippen LogP contribution in [0.25, 0.3) is 5.65 Å². The highest BCUT2D eigenvalue weighted by Gasteiger charge is 2.35. The smallest absolute Gasteiger partial charge is 0.258 e. The maximum absolute atomic E-state index is 13.4.